The van der Waals surface area contributed by atoms with Crippen LogP contribution >= 0.6 is 15.9 Å². The Morgan fingerprint density at radius 1 is 1.50 bits per heavy atom. The zero-order chi connectivity index (χ0) is 13.2. The van der Waals surface area contributed by atoms with Crippen molar-refractivity contribution in [2.24, 2.45) is 5.92 Å². The second-order valence-corrected chi connectivity index (χ2v) is 6.29. The van der Waals surface area contributed by atoms with Gasteiger partial charge in [-0.2, -0.15) is 0 Å². The van der Waals surface area contributed by atoms with Crippen molar-refractivity contribution in [3.63, 3.8) is 0 Å². The summed E-state index contributed by atoms with van der Waals surface area (Å²) in [6, 6.07) is 5.97. The third-order valence-corrected chi connectivity index (χ3v) is 4.52. The zero-order valence-electron chi connectivity index (χ0n) is 11.1. The minimum Gasteiger partial charge on any atom is -0.496 e. The van der Waals surface area contributed by atoms with Crippen molar-refractivity contribution in [3.8, 4) is 5.75 Å². The van der Waals surface area contributed by atoms with E-state index in [0.717, 1.165) is 41.5 Å². The molecule has 2 unspecified atom stereocenters. The Bertz CT molecular complexity index is 419. The van der Waals surface area contributed by atoms with Crippen molar-refractivity contribution in [2.45, 2.75) is 44.6 Å². The average Bonchev–Trinajstić information content (AvgIpc) is 2.71. The van der Waals surface area contributed by atoms with Crippen molar-refractivity contribution in [2.75, 3.05) is 7.11 Å². The third kappa shape index (κ3) is 3.07. The minimum atomic E-state index is -0.547. The van der Waals surface area contributed by atoms with Crippen molar-refractivity contribution in [1.82, 2.24) is 0 Å². The van der Waals surface area contributed by atoms with Crippen molar-refractivity contribution < 1.29 is 9.84 Å². The first kappa shape index (κ1) is 13.9. The number of methoxy groups -OCH3 is 1. The van der Waals surface area contributed by atoms with Crippen LogP contribution in [0.2, 0.25) is 0 Å². The summed E-state index contributed by atoms with van der Waals surface area (Å²) in [6.07, 6.45) is 4.81. The van der Waals surface area contributed by atoms with Crippen LogP contribution in [-0.2, 0) is 6.42 Å². The van der Waals surface area contributed by atoms with E-state index in [0.29, 0.717) is 12.3 Å². The Labute approximate surface area is 117 Å². The van der Waals surface area contributed by atoms with Crippen LogP contribution in [0.4, 0.5) is 0 Å². The molecule has 2 nitrogen and oxygen atoms in total. The van der Waals surface area contributed by atoms with Gasteiger partial charge in [0, 0.05) is 10.9 Å². The first-order valence-electron chi connectivity index (χ1n) is 6.61. The number of hydrogen-bond acceptors (Lipinski definition) is 2. The van der Waals surface area contributed by atoms with Gasteiger partial charge >= 0.3 is 0 Å². The molecule has 1 saturated carbocycles. The summed E-state index contributed by atoms with van der Waals surface area (Å²) < 4.78 is 6.41. The van der Waals surface area contributed by atoms with Gasteiger partial charge in [-0.15, -0.1) is 0 Å². The first-order valence-corrected chi connectivity index (χ1v) is 7.40. The lowest BCUT2D eigenvalue weighted by molar-refractivity contribution is 0.0431. The van der Waals surface area contributed by atoms with Crippen LogP contribution in [0.25, 0.3) is 0 Å². The fourth-order valence-corrected chi connectivity index (χ4v) is 3.37. The smallest absolute Gasteiger partial charge is 0.122 e. The highest BCUT2D eigenvalue weighted by atomic mass is 79.9. The SMILES string of the molecule is CCC1CCC(O)(Cc2cc(Br)ccc2OC)C1. The van der Waals surface area contributed by atoms with Gasteiger partial charge in [0.05, 0.1) is 12.7 Å². The van der Waals surface area contributed by atoms with Gasteiger partial charge in [-0.05, 0) is 48.9 Å². The molecule has 3 heteroatoms. The molecule has 1 aromatic rings. The maximum Gasteiger partial charge on any atom is 0.122 e. The standard InChI is InChI=1S/C15H21BrO2/c1-3-11-6-7-15(17,9-11)10-12-8-13(16)4-5-14(12)18-2/h4-5,8,11,17H,3,6-7,9-10H2,1-2H3. The van der Waals surface area contributed by atoms with Gasteiger partial charge in [-0.25, -0.2) is 0 Å². The molecule has 1 aliphatic rings. The van der Waals surface area contributed by atoms with Crippen LogP contribution in [0.3, 0.4) is 0 Å². The molecule has 100 valence electrons. The van der Waals surface area contributed by atoms with E-state index in [9.17, 15) is 5.11 Å². The van der Waals surface area contributed by atoms with Crippen molar-refractivity contribution >= 4 is 15.9 Å². The van der Waals surface area contributed by atoms with E-state index in [1.165, 1.54) is 0 Å². The van der Waals surface area contributed by atoms with Gasteiger partial charge in [-0.1, -0.05) is 29.3 Å². The van der Waals surface area contributed by atoms with Gasteiger partial charge < -0.3 is 9.84 Å². The summed E-state index contributed by atoms with van der Waals surface area (Å²) >= 11 is 3.48. The molecule has 1 aliphatic carbocycles. The van der Waals surface area contributed by atoms with Gasteiger partial charge in [0.15, 0.2) is 0 Å². The molecular weight excluding hydrogens is 292 g/mol. The number of halogens is 1. The lowest BCUT2D eigenvalue weighted by Gasteiger charge is -2.24. The predicted molar refractivity (Wildman–Crippen MR) is 77.0 cm³/mol. The molecule has 0 heterocycles. The van der Waals surface area contributed by atoms with E-state index >= 15 is 0 Å². The van der Waals surface area contributed by atoms with Crippen LogP contribution in [0.5, 0.6) is 5.75 Å². The molecule has 2 rings (SSSR count). The number of ether oxygens (including phenoxy) is 1. The molecule has 1 N–H and O–H groups in total. The zero-order valence-corrected chi connectivity index (χ0v) is 12.7. The Morgan fingerprint density at radius 3 is 2.89 bits per heavy atom. The lowest BCUT2D eigenvalue weighted by atomic mass is 9.91. The van der Waals surface area contributed by atoms with Crippen molar-refractivity contribution in [1.29, 1.82) is 0 Å². The molecule has 0 aromatic heterocycles. The maximum atomic E-state index is 10.7. The Morgan fingerprint density at radius 2 is 2.28 bits per heavy atom. The molecule has 1 fully saturated rings. The third-order valence-electron chi connectivity index (χ3n) is 4.03. The number of aliphatic hydroxyl groups is 1. The Kier molecular flexibility index (Phi) is 4.33. The lowest BCUT2D eigenvalue weighted by Crippen LogP contribution is -2.28. The van der Waals surface area contributed by atoms with Crippen LogP contribution in [0.15, 0.2) is 22.7 Å². The number of benzene rings is 1. The molecule has 0 radical (unpaired) electrons. The second kappa shape index (κ2) is 5.62. The summed E-state index contributed by atoms with van der Waals surface area (Å²) in [7, 11) is 1.68. The summed E-state index contributed by atoms with van der Waals surface area (Å²) in [5.74, 6) is 1.54. The maximum absolute atomic E-state index is 10.7. The van der Waals surface area contributed by atoms with E-state index in [4.69, 9.17) is 4.74 Å². The molecule has 0 amide bonds. The largest absolute Gasteiger partial charge is 0.496 e. The fraction of sp³-hybridized carbons (Fsp3) is 0.600. The van der Waals surface area contributed by atoms with E-state index < -0.39 is 5.60 Å². The van der Waals surface area contributed by atoms with Crippen LogP contribution < -0.4 is 4.74 Å². The Hall–Kier alpha value is -0.540. The minimum absolute atomic E-state index is 0.547. The number of hydrogen-bond donors (Lipinski definition) is 1. The predicted octanol–water partition coefficient (Wildman–Crippen LogP) is 3.94. The van der Waals surface area contributed by atoms with Crippen LogP contribution in [0, 0.1) is 5.92 Å². The molecule has 18 heavy (non-hydrogen) atoms. The van der Waals surface area contributed by atoms with Gasteiger partial charge in [0.2, 0.25) is 0 Å². The summed E-state index contributed by atoms with van der Waals surface area (Å²) in [6.45, 7) is 2.20. The molecular formula is C15H21BrO2. The topological polar surface area (TPSA) is 29.5 Å². The molecule has 0 bridgehead atoms. The van der Waals surface area contributed by atoms with E-state index in [2.05, 4.69) is 28.9 Å². The van der Waals surface area contributed by atoms with Gasteiger partial charge in [0.25, 0.3) is 0 Å². The average molecular weight is 313 g/mol. The normalized spacial score (nSPS) is 27.4. The highest BCUT2D eigenvalue weighted by Crippen LogP contribution is 2.40. The summed E-state index contributed by atoms with van der Waals surface area (Å²) in [4.78, 5) is 0. The van der Waals surface area contributed by atoms with Gasteiger partial charge in [0.1, 0.15) is 5.75 Å². The second-order valence-electron chi connectivity index (χ2n) is 5.37. The summed E-state index contributed by atoms with van der Waals surface area (Å²) in [5, 5.41) is 10.7. The van der Waals surface area contributed by atoms with E-state index in [1.54, 1.807) is 7.11 Å². The first-order chi connectivity index (χ1) is 8.56. The van der Waals surface area contributed by atoms with Crippen molar-refractivity contribution in [3.05, 3.63) is 28.2 Å². The van der Waals surface area contributed by atoms with E-state index in [1.807, 2.05) is 12.1 Å². The molecule has 1 aromatic carbocycles. The quantitative estimate of drug-likeness (QED) is 0.912. The number of rotatable bonds is 4. The van der Waals surface area contributed by atoms with Crippen LogP contribution in [-0.4, -0.2) is 17.8 Å². The fourth-order valence-electron chi connectivity index (χ4n) is 2.96. The highest BCUT2D eigenvalue weighted by molar-refractivity contribution is 9.10. The summed E-state index contributed by atoms with van der Waals surface area (Å²) in [5.41, 5.74) is 0.542. The molecule has 0 saturated heterocycles. The van der Waals surface area contributed by atoms with Gasteiger partial charge in [-0.3, -0.25) is 0 Å². The monoisotopic (exact) mass is 312 g/mol. The molecule has 0 aliphatic heterocycles. The molecule has 0 spiro atoms. The highest BCUT2D eigenvalue weighted by Gasteiger charge is 2.37. The Balaban J connectivity index is 2.16. The van der Waals surface area contributed by atoms with E-state index in [-0.39, 0.29) is 0 Å². The molecule has 2 atom stereocenters. The van der Waals surface area contributed by atoms with Crippen LogP contribution in [0.1, 0.15) is 38.2 Å².